The molecule has 100 valence electrons. The highest BCUT2D eigenvalue weighted by Crippen LogP contribution is 2.12. The molecule has 0 heterocycles. The molecule has 1 aromatic rings. The minimum atomic E-state index is -0.218. The first kappa shape index (κ1) is 14.4. The van der Waals surface area contributed by atoms with E-state index in [-0.39, 0.29) is 17.7 Å². The maximum Gasteiger partial charge on any atom is 0.139 e. The van der Waals surface area contributed by atoms with E-state index >= 15 is 0 Å². The second-order valence-corrected chi connectivity index (χ2v) is 4.28. The van der Waals surface area contributed by atoms with Gasteiger partial charge >= 0.3 is 0 Å². The molecule has 4 N–H and O–H groups in total. The van der Waals surface area contributed by atoms with Crippen LogP contribution in [0.2, 0.25) is 0 Å². The lowest BCUT2D eigenvalue weighted by Gasteiger charge is -2.14. The lowest BCUT2D eigenvalue weighted by Crippen LogP contribution is -2.20. The van der Waals surface area contributed by atoms with E-state index in [9.17, 15) is 4.39 Å². The van der Waals surface area contributed by atoms with Gasteiger partial charge in [0.1, 0.15) is 11.7 Å². The zero-order valence-corrected chi connectivity index (χ0v) is 10.6. The summed E-state index contributed by atoms with van der Waals surface area (Å²) in [6.45, 7) is 2.88. The second-order valence-electron chi connectivity index (χ2n) is 4.28. The maximum absolute atomic E-state index is 12.7. The first-order valence-corrected chi connectivity index (χ1v) is 6.08. The Hall–Kier alpha value is -1.62. The molecule has 1 rings (SSSR count). The summed E-state index contributed by atoms with van der Waals surface area (Å²) in [6, 6.07) is 6.68. The molecular weight excluding hydrogens is 233 g/mol. The highest BCUT2D eigenvalue weighted by Gasteiger charge is 2.04. The minimum absolute atomic E-state index is 0.189. The van der Waals surface area contributed by atoms with Crippen LogP contribution >= 0.6 is 0 Å². The molecule has 0 aliphatic carbocycles. The smallest absolute Gasteiger partial charge is 0.139 e. The van der Waals surface area contributed by atoms with Crippen molar-refractivity contribution >= 4 is 5.84 Å². The van der Waals surface area contributed by atoms with Gasteiger partial charge in [0.05, 0.1) is 0 Å². The van der Waals surface area contributed by atoms with Crippen LogP contribution in [0.15, 0.2) is 29.4 Å². The van der Waals surface area contributed by atoms with Crippen LogP contribution in [-0.4, -0.2) is 17.6 Å². The van der Waals surface area contributed by atoms with Gasteiger partial charge in [-0.25, -0.2) is 4.39 Å². The molecule has 0 saturated heterocycles. The molecule has 0 spiro atoms. The third kappa shape index (κ3) is 5.14. The van der Waals surface area contributed by atoms with Crippen LogP contribution in [0.1, 0.15) is 37.8 Å². The highest BCUT2D eigenvalue weighted by atomic mass is 19.1. The van der Waals surface area contributed by atoms with Crippen molar-refractivity contribution in [2.45, 2.75) is 32.2 Å². The van der Waals surface area contributed by atoms with Crippen molar-refractivity contribution in [1.82, 2.24) is 5.32 Å². The Kier molecular flexibility index (Phi) is 6.14. The van der Waals surface area contributed by atoms with Gasteiger partial charge in [-0.2, -0.15) is 0 Å². The van der Waals surface area contributed by atoms with Gasteiger partial charge in [0, 0.05) is 12.5 Å². The molecule has 0 aliphatic heterocycles. The van der Waals surface area contributed by atoms with Crippen molar-refractivity contribution in [2.75, 3.05) is 6.54 Å². The summed E-state index contributed by atoms with van der Waals surface area (Å²) in [5.74, 6) is 0.0475. The van der Waals surface area contributed by atoms with Gasteiger partial charge in [-0.3, -0.25) is 0 Å². The van der Waals surface area contributed by atoms with E-state index in [1.807, 2.05) is 6.92 Å². The standard InChI is InChI=1S/C13H20FN3O/c1-10(11-5-7-12(14)8-6-11)16-9-3-2-4-13(15)17-18/h5-8,10,16,18H,2-4,9H2,1H3,(H2,15,17)/t10-/m0/s1. The van der Waals surface area contributed by atoms with E-state index in [1.165, 1.54) is 12.1 Å². The number of rotatable bonds is 7. The van der Waals surface area contributed by atoms with Crippen molar-refractivity contribution in [3.63, 3.8) is 0 Å². The topological polar surface area (TPSA) is 70.6 Å². The van der Waals surface area contributed by atoms with E-state index < -0.39 is 0 Å². The molecule has 0 aromatic heterocycles. The average molecular weight is 253 g/mol. The maximum atomic E-state index is 12.7. The molecule has 5 heteroatoms. The average Bonchev–Trinajstić information content (AvgIpc) is 2.38. The van der Waals surface area contributed by atoms with Gasteiger partial charge in [-0.1, -0.05) is 17.3 Å². The largest absolute Gasteiger partial charge is 0.409 e. The molecule has 4 nitrogen and oxygen atoms in total. The Labute approximate surface area is 107 Å². The van der Waals surface area contributed by atoms with E-state index in [0.29, 0.717) is 6.42 Å². The van der Waals surface area contributed by atoms with Crippen LogP contribution < -0.4 is 11.1 Å². The second kappa shape index (κ2) is 7.66. The monoisotopic (exact) mass is 253 g/mol. The molecular formula is C13H20FN3O. The number of unbranched alkanes of at least 4 members (excludes halogenated alkanes) is 1. The Morgan fingerprint density at radius 2 is 2.06 bits per heavy atom. The number of nitrogens with two attached hydrogens (primary N) is 1. The lowest BCUT2D eigenvalue weighted by molar-refractivity contribution is 0.316. The van der Waals surface area contributed by atoms with E-state index in [0.717, 1.165) is 24.9 Å². The summed E-state index contributed by atoms with van der Waals surface area (Å²) in [7, 11) is 0. The summed E-state index contributed by atoms with van der Waals surface area (Å²) >= 11 is 0. The predicted molar refractivity (Wildman–Crippen MR) is 70.1 cm³/mol. The summed E-state index contributed by atoms with van der Waals surface area (Å²) in [5, 5.41) is 14.6. The van der Waals surface area contributed by atoms with E-state index in [2.05, 4.69) is 10.5 Å². The Balaban J connectivity index is 2.21. The number of hydrogen-bond donors (Lipinski definition) is 3. The quantitative estimate of drug-likeness (QED) is 0.230. The number of benzene rings is 1. The van der Waals surface area contributed by atoms with Gasteiger partial charge < -0.3 is 16.3 Å². The highest BCUT2D eigenvalue weighted by molar-refractivity contribution is 5.79. The van der Waals surface area contributed by atoms with E-state index in [4.69, 9.17) is 10.9 Å². The number of halogens is 1. The van der Waals surface area contributed by atoms with Crippen LogP contribution in [0, 0.1) is 5.82 Å². The van der Waals surface area contributed by atoms with Gasteiger partial charge in [0.2, 0.25) is 0 Å². The van der Waals surface area contributed by atoms with Crippen LogP contribution in [-0.2, 0) is 0 Å². The van der Waals surface area contributed by atoms with Crippen LogP contribution in [0.4, 0.5) is 4.39 Å². The Bertz CT molecular complexity index is 378. The first-order chi connectivity index (χ1) is 8.63. The Morgan fingerprint density at radius 3 is 2.67 bits per heavy atom. The predicted octanol–water partition coefficient (Wildman–Crippen LogP) is 2.39. The molecule has 0 amide bonds. The van der Waals surface area contributed by atoms with Crippen LogP contribution in [0.5, 0.6) is 0 Å². The number of nitrogens with one attached hydrogen (secondary N) is 1. The SMILES string of the molecule is C[C@H](NCCCC/C(N)=N/O)c1ccc(F)cc1. The molecule has 0 bridgehead atoms. The lowest BCUT2D eigenvalue weighted by atomic mass is 10.1. The third-order valence-corrected chi connectivity index (χ3v) is 2.81. The number of amidine groups is 1. The fourth-order valence-corrected chi connectivity index (χ4v) is 1.67. The van der Waals surface area contributed by atoms with Crippen molar-refractivity contribution in [3.05, 3.63) is 35.6 Å². The molecule has 1 aromatic carbocycles. The summed E-state index contributed by atoms with van der Waals surface area (Å²) in [4.78, 5) is 0. The molecule has 1 atom stereocenters. The summed E-state index contributed by atoms with van der Waals surface area (Å²) < 4.78 is 12.7. The van der Waals surface area contributed by atoms with Crippen molar-refractivity contribution in [2.24, 2.45) is 10.9 Å². The van der Waals surface area contributed by atoms with Gasteiger partial charge in [-0.15, -0.1) is 0 Å². The zero-order valence-electron chi connectivity index (χ0n) is 10.6. The van der Waals surface area contributed by atoms with Crippen LogP contribution in [0.25, 0.3) is 0 Å². The zero-order chi connectivity index (χ0) is 13.4. The first-order valence-electron chi connectivity index (χ1n) is 6.08. The summed E-state index contributed by atoms with van der Waals surface area (Å²) in [6.07, 6.45) is 2.42. The molecule has 18 heavy (non-hydrogen) atoms. The number of hydrogen-bond acceptors (Lipinski definition) is 3. The van der Waals surface area contributed by atoms with E-state index in [1.54, 1.807) is 12.1 Å². The van der Waals surface area contributed by atoms with Gasteiger partial charge in [0.25, 0.3) is 0 Å². The Morgan fingerprint density at radius 1 is 1.39 bits per heavy atom. The van der Waals surface area contributed by atoms with Crippen molar-refractivity contribution in [3.8, 4) is 0 Å². The fraction of sp³-hybridized carbons (Fsp3) is 0.462. The van der Waals surface area contributed by atoms with Crippen LogP contribution in [0.3, 0.4) is 0 Å². The van der Waals surface area contributed by atoms with Crippen molar-refractivity contribution < 1.29 is 9.60 Å². The van der Waals surface area contributed by atoms with Gasteiger partial charge in [-0.05, 0) is 44.0 Å². The van der Waals surface area contributed by atoms with Crippen molar-refractivity contribution in [1.29, 1.82) is 0 Å². The third-order valence-electron chi connectivity index (χ3n) is 2.81. The molecule has 0 aliphatic rings. The summed E-state index contributed by atoms with van der Waals surface area (Å²) in [5.41, 5.74) is 6.43. The molecule has 0 saturated carbocycles. The molecule has 0 fully saturated rings. The van der Waals surface area contributed by atoms with Gasteiger partial charge in [0.15, 0.2) is 0 Å². The molecule has 0 radical (unpaired) electrons. The fourth-order valence-electron chi connectivity index (χ4n) is 1.67. The molecule has 0 unspecified atom stereocenters. The normalized spacial score (nSPS) is 13.6. The minimum Gasteiger partial charge on any atom is -0.409 e. The number of nitrogens with zero attached hydrogens (tertiary/aromatic N) is 1. The number of oxime groups is 1.